The number of likely N-dealkylation sites (N-methyl/N-ethyl adjacent to an activating group) is 2. The number of amides is 3. The number of nitrogens with two attached hydrogens (primary N) is 1. The molecule has 0 spiro atoms. The minimum absolute atomic E-state index is 0.0432. The van der Waals surface area contributed by atoms with E-state index in [1.165, 1.54) is 0 Å². The fraction of sp³-hybridized carbons (Fsp3) is 0.593. The molecule has 0 saturated heterocycles. The van der Waals surface area contributed by atoms with Gasteiger partial charge in [0.05, 0.1) is 12.1 Å². The number of rotatable bonds is 10. The van der Waals surface area contributed by atoms with Crippen molar-refractivity contribution < 1.29 is 14.4 Å². The van der Waals surface area contributed by atoms with Crippen LogP contribution in [0, 0.1) is 11.3 Å². The Labute approximate surface area is 205 Å². The van der Waals surface area contributed by atoms with Crippen molar-refractivity contribution in [2.75, 3.05) is 14.1 Å². The average molecular weight is 473 g/mol. The van der Waals surface area contributed by atoms with Gasteiger partial charge in [0, 0.05) is 18.0 Å². The van der Waals surface area contributed by atoms with Gasteiger partial charge in [0.15, 0.2) is 0 Å². The molecule has 0 radical (unpaired) electrons. The standard InChI is InChI=1S/C27H44N4O3/c1-17(2)20(16-18(3)23(28)32)31(10)25(34)22(26(4,5)6)30-24(33)21(29-9)27(7,8)19-14-12-11-13-15-19/h11-17,20-22,29H,1-10H3,(H2,28,32)(H,30,33)/t20?,21-,22-/m1/s1. The second-order valence-electron chi connectivity index (χ2n) is 11.0. The van der Waals surface area contributed by atoms with Gasteiger partial charge in [-0.15, -0.1) is 0 Å². The van der Waals surface area contributed by atoms with Crippen LogP contribution in [-0.2, 0) is 19.8 Å². The number of nitrogens with one attached hydrogen (secondary N) is 2. The van der Waals surface area contributed by atoms with Crippen molar-refractivity contribution in [3.8, 4) is 0 Å². The lowest BCUT2D eigenvalue weighted by atomic mass is 9.76. The van der Waals surface area contributed by atoms with Crippen LogP contribution in [0.1, 0.15) is 61.0 Å². The Bertz CT molecular complexity index is 885. The van der Waals surface area contributed by atoms with Crippen molar-refractivity contribution >= 4 is 17.7 Å². The van der Waals surface area contributed by atoms with E-state index < -0.39 is 28.8 Å². The Hall–Kier alpha value is -2.67. The minimum atomic E-state index is -0.768. The zero-order chi connectivity index (χ0) is 26.4. The highest BCUT2D eigenvalue weighted by Gasteiger charge is 2.41. The third-order valence-electron chi connectivity index (χ3n) is 6.48. The Morgan fingerprint density at radius 1 is 1.00 bits per heavy atom. The molecule has 1 aromatic rings. The van der Waals surface area contributed by atoms with Gasteiger partial charge in [0.1, 0.15) is 6.04 Å². The summed E-state index contributed by atoms with van der Waals surface area (Å²) in [5.74, 6) is -0.947. The van der Waals surface area contributed by atoms with Gasteiger partial charge in [-0.25, -0.2) is 0 Å². The maximum Gasteiger partial charge on any atom is 0.245 e. The van der Waals surface area contributed by atoms with E-state index in [1.54, 1.807) is 32.0 Å². The van der Waals surface area contributed by atoms with Crippen molar-refractivity contribution in [1.29, 1.82) is 0 Å². The lowest BCUT2D eigenvalue weighted by molar-refractivity contribution is -0.140. The molecule has 0 aliphatic rings. The van der Waals surface area contributed by atoms with E-state index in [-0.39, 0.29) is 23.8 Å². The molecule has 0 bridgehead atoms. The molecule has 7 nitrogen and oxygen atoms in total. The van der Waals surface area contributed by atoms with E-state index in [2.05, 4.69) is 10.6 Å². The van der Waals surface area contributed by atoms with Gasteiger partial charge in [-0.2, -0.15) is 0 Å². The fourth-order valence-electron chi connectivity index (χ4n) is 4.17. The van der Waals surface area contributed by atoms with Gasteiger partial charge >= 0.3 is 0 Å². The van der Waals surface area contributed by atoms with Crippen LogP contribution in [0.25, 0.3) is 0 Å². The first kappa shape index (κ1) is 29.4. The third kappa shape index (κ3) is 7.16. The van der Waals surface area contributed by atoms with Crippen LogP contribution >= 0.6 is 0 Å². The predicted octanol–water partition coefficient (Wildman–Crippen LogP) is 3.00. The maximum absolute atomic E-state index is 13.7. The summed E-state index contributed by atoms with van der Waals surface area (Å²) < 4.78 is 0. The first-order valence-corrected chi connectivity index (χ1v) is 11.8. The van der Waals surface area contributed by atoms with Crippen molar-refractivity contribution in [2.45, 2.75) is 78.9 Å². The number of hydrogen-bond acceptors (Lipinski definition) is 4. The number of primary amides is 1. The topological polar surface area (TPSA) is 105 Å². The smallest absolute Gasteiger partial charge is 0.245 e. The summed E-state index contributed by atoms with van der Waals surface area (Å²) >= 11 is 0. The molecule has 0 aliphatic heterocycles. The van der Waals surface area contributed by atoms with E-state index in [9.17, 15) is 14.4 Å². The Balaban J connectivity index is 3.29. The van der Waals surface area contributed by atoms with Gasteiger partial charge in [-0.05, 0) is 30.9 Å². The molecule has 0 aliphatic carbocycles. The van der Waals surface area contributed by atoms with Crippen molar-refractivity contribution in [3.63, 3.8) is 0 Å². The summed E-state index contributed by atoms with van der Waals surface area (Å²) in [7, 11) is 3.45. The molecule has 0 heterocycles. The number of nitrogens with zero attached hydrogens (tertiary/aromatic N) is 1. The molecule has 3 amide bonds. The number of carbonyl (C=O) groups excluding carboxylic acids is 3. The number of hydrogen-bond donors (Lipinski definition) is 3. The highest BCUT2D eigenvalue weighted by atomic mass is 16.2. The summed E-state index contributed by atoms with van der Waals surface area (Å²) in [6.45, 7) is 15.4. The first-order valence-electron chi connectivity index (χ1n) is 11.8. The fourth-order valence-corrected chi connectivity index (χ4v) is 4.17. The molecule has 7 heteroatoms. The molecule has 190 valence electrons. The average Bonchev–Trinajstić information content (AvgIpc) is 2.74. The molecular weight excluding hydrogens is 428 g/mol. The van der Waals surface area contributed by atoms with Crippen LogP contribution in [0.4, 0.5) is 0 Å². The summed E-state index contributed by atoms with van der Waals surface area (Å²) in [6, 6.07) is 8.17. The van der Waals surface area contributed by atoms with Gasteiger partial charge in [-0.3, -0.25) is 14.4 Å². The van der Waals surface area contributed by atoms with E-state index in [4.69, 9.17) is 5.73 Å². The minimum Gasteiger partial charge on any atom is -0.366 e. The first-order chi connectivity index (χ1) is 15.5. The number of benzene rings is 1. The zero-order valence-electron chi connectivity index (χ0n) is 22.5. The van der Waals surface area contributed by atoms with Crippen LogP contribution in [-0.4, -0.2) is 54.8 Å². The molecule has 34 heavy (non-hydrogen) atoms. The Kier molecular flexibility index (Phi) is 10.1. The summed E-state index contributed by atoms with van der Waals surface area (Å²) in [5, 5.41) is 6.18. The largest absolute Gasteiger partial charge is 0.366 e. The van der Waals surface area contributed by atoms with Gasteiger partial charge in [0.2, 0.25) is 17.7 Å². The molecular formula is C27H44N4O3. The number of carbonyl (C=O) groups is 3. The van der Waals surface area contributed by atoms with Crippen LogP contribution in [0.5, 0.6) is 0 Å². The van der Waals surface area contributed by atoms with E-state index in [0.717, 1.165) is 5.56 Å². The molecule has 1 rings (SSSR count). The van der Waals surface area contributed by atoms with Gasteiger partial charge < -0.3 is 21.3 Å². The Morgan fingerprint density at radius 3 is 1.94 bits per heavy atom. The molecule has 0 aromatic heterocycles. The van der Waals surface area contributed by atoms with E-state index in [0.29, 0.717) is 5.57 Å². The van der Waals surface area contributed by atoms with E-state index in [1.807, 2.05) is 78.8 Å². The Morgan fingerprint density at radius 2 is 1.53 bits per heavy atom. The third-order valence-corrected chi connectivity index (χ3v) is 6.48. The van der Waals surface area contributed by atoms with Crippen molar-refractivity contribution in [3.05, 3.63) is 47.5 Å². The molecule has 3 atom stereocenters. The zero-order valence-corrected chi connectivity index (χ0v) is 22.5. The predicted molar refractivity (Wildman–Crippen MR) is 138 cm³/mol. The molecule has 0 fully saturated rings. The molecule has 0 saturated carbocycles. The van der Waals surface area contributed by atoms with Gasteiger partial charge in [0.25, 0.3) is 0 Å². The second-order valence-corrected chi connectivity index (χ2v) is 11.0. The van der Waals surface area contributed by atoms with Crippen LogP contribution in [0.2, 0.25) is 0 Å². The van der Waals surface area contributed by atoms with Gasteiger partial charge in [-0.1, -0.05) is 84.9 Å². The lowest BCUT2D eigenvalue weighted by Gasteiger charge is -2.40. The second kappa shape index (κ2) is 11.6. The molecule has 4 N–H and O–H groups in total. The molecule has 1 aromatic carbocycles. The summed E-state index contributed by atoms with van der Waals surface area (Å²) in [6.07, 6.45) is 1.72. The van der Waals surface area contributed by atoms with Crippen LogP contribution < -0.4 is 16.4 Å². The van der Waals surface area contributed by atoms with Crippen molar-refractivity contribution in [2.24, 2.45) is 17.1 Å². The highest BCUT2D eigenvalue weighted by Crippen LogP contribution is 2.29. The van der Waals surface area contributed by atoms with Crippen LogP contribution in [0.15, 0.2) is 42.0 Å². The molecule has 1 unspecified atom stereocenters. The SMILES string of the molecule is CN[C@H](C(=O)N[C@H](C(=O)N(C)C(C=C(C)C(N)=O)C(C)C)C(C)(C)C)C(C)(C)c1ccccc1. The highest BCUT2D eigenvalue weighted by molar-refractivity contribution is 5.92. The summed E-state index contributed by atoms with van der Waals surface area (Å²) in [5.41, 5.74) is 5.78. The quantitative estimate of drug-likeness (QED) is 0.455. The normalized spacial score (nSPS) is 15.4. The van der Waals surface area contributed by atoms with E-state index >= 15 is 0 Å². The maximum atomic E-state index is 13.7. The monoisotopic (exact) mass is 472 g/mol. The lowest BCUT2D eigenvalue weighted by Crippen LogP contribution is -2.61. The summed E-state index contributed by atoms with van der Waals surface area (Å²) in [4.78, 5) is 40.4. The van der Waals surface area contributed by atoms with Crippen LogP contribution in [0.3, 0.4) is 0 Å². The van der Waals surface area contributed by atoms with Crippen molar-refractivity contribution in [1.82, 2.24) is 15.5 Å².